The summed E-state index contributed by atoms with van der Waals surface area (Å²) < 4.78 is 29.9. The van der Waals surface area contributed by atoms with Gasteiger partial charge in [0.1, 0.15) is 11.7 Å². The van der Waals surface area contributed by atoms with Gasteiger partial charge in [-0.25, -0.2) is 4.98 Å². The molecule has 1 aliphatic heterocycles. The van der Waals surface area contributed by atoms with Crippen molar-refractivity contribution in [1.82, 2.24) is 9.88 Å². The maximum Gasteiger partial charge on any atom is 0.284 e. The lowest BCUT2D eigenvalue weighted by Gasteiger charge is -2.19. The van der Waals surface area contributed by atoms with Gasteiger partial charge in [0.2, 0.25) is 0 Å². The zero-order valence-corrected chi connectivity index (χ0v) is 19.7. The highest BCUT2D eigenvalue weighted by Crippen LogP contribution is 2.21. The number of anilines is 2. The summed E-state index contributed by atoms with van der Waals surface area (Å²) >= 11 is 0. The summed E-state index contributed by atoms with van der Waals surface area (Å²) in [6.07, 6.45) is 5.19. The van der Waals surface area contributed by atoms with Gasteiger partial charge >= 0.3 is 0 Å². The van der Waals surface area contributed by atoms with Crippen LogP contribution in [0.15, 0.2) is 51.9 Å². The molecule has 32 heavy (non-hydrogen) atoms. The topological polar surface area (TPSA) is 95.0 Å². The van der Waals surface area contributed by atoms with Crippen molar-refractivity contribution >= 4 is 33.3 Å². The lowest BCUT2D eigenvalue weighted by atomic mass is 10.2. The minimum atomic E-state index is -3.88. The largest absolute Gasteiger partial charge is 0.362 e. The molecule has 3 rings (SSSR count). The number of carbonyl (C=O) groups excluding carboxylic acids is 1. The van der Waals surface area contributed by atoms with Gasteiger partial charge < -0.3 is 15.1 Å². The minimum absolute atomic E-state index is 0.0513. The maximum atomic E-state index is 12.9. The van der Waals surface area contributed by atoms with Gasteiger partial charge in [-0.2, -0.15) is 8.42 Å². The molecule has 1 saturated heterocycles. The van der Waals surface area contributed by atoms with Crippen LogP contribution >= 0.6 is 0 Å². The first-order valence-electron chi connectivity index (χ1n) is 11.0. The lowest BCUT2D eigenvalue weighted by molar-refractivity contribution is 0.102. The molecule has 1 aliphatic rings. The molecule has 0 atom stereocenters. The number of aromatic nitrogens is 1. The lowest BCUT2D eigenvalue weighted by Crippen LogP contribution is -2.26. The molecule has 0 aliphatic carbocycles. The van der Waals surface area contributed by atoms with Gasteiger partial charge in [0.25, 0.3) is 15.9 Å². The molecule has 2 heterocycles. The number of sulfonamides is 1. The SMILES string of the molecule is CCN(CC)c1ccc(C(=O)Nc2cccc(S(=O)(=O)/N=C3/CCCCCN3C)c2)cn1. The number of nitrogens with one attached hydrogen (secondary N) is 1. The average Bonchev–Trinajstić information content (AvgIpc) is 2.99. The van der Waals surface area contributed by atoms with Crippen molar-refractivity contribution in [2.45, 2.75) is 44.4 Å². The summed E-state index contributed by atoms with van der Waals surface area (Å²) in [6, 6.07) is 9.70. The molecular formula is C23H31N5O3S. The van der Waals surface area contributed by atoms with Crippen LogP contribution < -0.4 is 10.2 Å². The van der Waals surface area contributed by atoms with Gasteiger partial charge in [-0.1, -0.05) is 12.5 Å². The Balaban J connectivity index is 1.76. The molecule has 1 amide bonds. The third kappa shape index (κ3) is 5.85. The van der Waals surface area contributed by atoms with Crippen LogP contribution in [0.2, 0.25) is 0 Å². The average molecular weight is 458 g/mol. The van der Waals surface area contributed by atoms with Crippen molar-refractivity contribution < 1.29 is 13.2 Å². The number of benzene rings is 1. The van der Waals surface area contributed by atoms with Gasteiger partial charge in [0, 0.05) is 45.0 Å². The maximum absolute atomic E-state index is 12.9. The number of carbonyl (C=O) groups is 1. The number of pyridine rings is 1. The van der Waals surface area contributed by atoms with E-state index in [1.807, 2.05) is 31.9 Å². The molecule has 9 heteroatoms. The highest BCUT2D eigenvalue weighted by Gasteiger charge is 2.19. The van der Waals surface area contributed by atoms with Crippen LogP contribution in [0.1, 0.15) is 49.9 Å². The summed E-state index contributed by atoms with van der Waals surface area (Å²) in [5.41, 5.74) is 0.785. The fourth-order valence-electron chi connectivity index (χ4n) is 3.63. The Labute approximate surface area is 190 Å². The number of amidine groups is 1. The second-order valence-corrected chi connectivity index (χ2v) is 9.38. The first-order valence-corrected chi connectivity index (χ1v) is 12.5. The predicted octanol–water partition coefficient (Wildman–Crippen LogP) is 3.77. The van der Waals surface area contributed by atoms with Gasteiger partial charge in [-0.05, 0) is 57.0 Å². The molecule has 172 valence electrons. The van der Waals surface area contributed by atoms with E-state index in [2.05, 4.69) is 19.6 Å². The highest BCUT2D eigenvalue weighted by molar-refractivity contribution is 7.90. The minimum Gasteiger partial charge on any atom is -0.362 e. The van der Waals surface area contributed by atoms with E-state index in [0.29, 0.717) is 23.5 Å². The molecule has 1 N–H and O–H groups in total. The third-order valence-corrected chi connectivity index (χ3v) is 6.85. The number of amides is 1. The molecule has 2 aromatic rings. The normalized spacial score (nSPS) is 16.0. The molecule has 1 aromatic heterocycles. The van der Waals surface area contributed by atoms with Crippen molar-refractivity contribution in [3.8, 4) is 0 Å². The second-order valence-electron chi connectivity index (χ2n) is 7.77. The van der Waals surface area contributed by atoms with Crippen LogP contribution in [0.4, 0.5) is 11.5 Å². The first-order chi connectivity index (χ1) is 15.3. The van der Waals surface area contributed by atoms with Crippen LogP contribution in [-0.2, 0) is 10.0 Å². The van der Waals surface area contributed by atoms with Crippen molar-refractivity contribution in [2.24, 2.45) is 4.40 Å². The molecule has 0 unspecified atom stereocenters. The summed E-state index contributed by atoms with van der Waals surface area (Å²) in [6.45, 7) is 6.55. The summed E-state index contributed by atoms with van der Waals surface area (Å²) in [5, 5.41) is 2.75. The molecule has 0 radical (unpaired) electrons. The summed E-state index contributed by atoms with van der Waals surface area (Å²) in [4.78, 5) is 21.1. The van der Waals surface area contributed by atoms with Crippen molar-refractivity contribution in [3.63, 3.8) is 0 Å². The first kappa shape index (κ1) is 23.7. The molecule has 0 saturated carbocycles. The van der Waals surface area contributed by atoms with E-state index in [0.717, 1.165) is 44.7 Å². The fourth-order valence-corrected chi connectivity index (χ4v) is 4.77. The zero-order valence-electron chi connectivity index (χ0n) is 18.9. The van der Waals surface area contributed by atoms with E-state index in [-0.39, 0.29) is 10.8 Å². The fraction of sp³-hybridized carbons (Fsp3) is 0.435. The van der Waals surface area contributed by atoms with E-state index in [4.69, 9.17) is 0 Å². The Morgan fingerprint density at radius 1 is 1.16 bits per heavy atom. The molecule has 1 fully saturated rings. The number of rotatable bonds is 7. The number of hydrogen-bond donors (Lipinski definition) is 1. The van der Waals surface area contributed by atoms with Crippen molar-refractivity contribution in [3.05, 3.63) is 48.2 Å². The highest BCUT2D eigenvalue weighted by atomic mass is 32.2. The Bertz CT molecular complexity index is 1060. The molecule has 0 spiro atoms. The van der Waals surface area contributed by atoms with Gasteiger partial charge in [-0.3, -0.25) is 4.79 Å². The second kappa shape index (κ2) is 10.6. The number of hydrogen-bond acceptors (Lipinski definition) is 5. The van der Waals surface area contributed by atoms with Crippen LogP contribution in [0, 0.1) is 0 Å². The molecule has 8 nitrogen and oxygen atoms in total. The van der Waals surface area contributed by atoms with Crippen LogP contribution in [-0.4, -0.2) is 56.7 Å². The van der Waals surface area contributed by atoms with Gasteiger partial charge in [-0.15, -0.1) is 4.40 Å². The standard InChI is InChI=1S/C23H31N5O3S/c1-4-28(5-2)21-14-13-18(17-24-21)23(29)25-19-10-9-11-20(16-19)32(30,31)26-22-12-7-6-8-15-27(22)3/h9-11,13-14,16-17H,4-8,12,15H2,1-3H3,(H,25,29)/b26-22-. The predicted molar refractivity (Wildman–Crippen MR) is 128 cm³/mol. The van der Waals surface area contributed by atoms with E-state index < -0.39 is 10.0 Å². The number of nitrogens with zero attached hydrogens (tertiary/aromatic N) is 4. The van der Waals surface area contributed by atoms with E-state index in [9.17, 15) is 13.2 Å². The molecule has 0 bridgehead atoms. The summed E-state index contributed by atoms with van der Waals surface area (Å²) in [5.74, 6) is 1.03. The monoisotopic (exact) mass is 457 g/mol. The zero-order chi connectivity index (χ0) is 23.1. The van der Waals surface area contributed by atoms with Crippen molar-refractivity contribution in [1.29, 1.82) is 0 Å². The van der Waals surface area contributed by atoms with Crippen LogP contribution in [0.5, 0.6) is 0 Å². The Morgan fingerprint density at radius 3 is 2.62 bits per heavy atom. The van der Waals surface area contributed by atoms with Gasteiger partial charge in [0.05, 0.1) is 10.5 Å². The van der Waals surface area contributed by atoms with Crippen LogP contribution in [0.3, 0.4) is 0 Å². The third-order valence-electron chi connectivity index (χ3n) is 5.55. The summed E-state index contributed by atoms with van der Waals surface area (Å²) in [7, 11) is -2.00. The van der Waals surface area contributed by atoms with E-state index >= 15 is 0 Å². The van der Waals surface area contributed by atoms with E-state index in [1.165, 1.54) is 18.3 Å². The number of likely N-dealkylation sites (tertiary alicyclic amines) is 1. The Morgan fingerprint density at radius 2 is 1.94 bits per heavy atom. The Hall–Kier alpha value is -2.94. The van der Waals surface area contributed by atoms with Gasteiger partial charge in [0.15, 0.2) is 0 Å². The Kier molecular flexibility index (Phi) is 7.84. The smallest absolute Gasteiger partial charge is 0.284 e. The van der Waals surface area contributed by atoms with E-state index in [1.54, 1.807) is 18.2 Å². The quantitative estimate of drug-likeness (QED) is 0.680. The molecular weight excluding hydrogens is 426 g/mol. The molecule has 1 aromatic carbocycles. The van der Waals surface area contributed by atoms with Crippen molar-refractivity contribution in [2.75, 3.05) is 36.9 Å². The van der Waals surface area contributed by atoms with Crippen LogP contribution in [0.25, 0.3) is 0 Å².